The fourth-order valence-corrected chi connectivity index (χ4v) is 2.75. The molecule has 2 aliphatic heterocycles. The number of amides is 1. The molecule has 1 N–H and O–H groups in total. The largest absolute Gasteiger partial charge is 0.369 e. The van der Waals surface area contributed by atoms with Gasteiger partial charge in [-0.2, -0.15) is 0 Å². The first-order valence-corrected chi connectivity index (χ1v) is 6.13. The average Bonchev–Trinajstić information content (AvgIpc) is 2.75. The van der Waals surface area contributed by atoms with E-state index in [4.69, 9.17) is 4.74 Å². The van der Waals surface area contributed by atoms with Gasteiger partial charge in [-0.3, -0.25) is 4.79 Å². The van der Waals surface area contributed by atoms with Crippen molar-refractivity contribution >= 4 is 5.91 Å². The number of nitrogens with one attached hydrogen (secondary N) is 1. The molecule has 2 atom stereocenters. The van der Waals surface area contributed by atoms with Crippen molar-refractivity contribution in [3.8, 4) is 0 Å². The topological polar surface area (TPSA) is 41.6 Å². The number of fused-ring (bicyclic) bond motifs is 1. The van der Waals surface area contributed by atoms with Crippen molar-refractivity contribution in [2.75, 3.05) is 26.7 Å². The minimum Gasteiger partial charge on any atom is -0.369 e. The number of nitrogens with zero attached hydrogens (tertiary/aromatic N) is 1. The molecule has 4 heteroatoms. The molecule has 0 bridgehead atoms. The lowest BCUT2D eigenvalue weighted by Crippen LogP contribution is -2.55. The molecule has 0 radical (unpaired) electrons. The Hall–Kier alpha value is -0.610. The minimum atomic E-state index is -0.690. The van der Waals surface area contributed by atoms with Crippen LogP contribution >= 0.6 is 0 Å². The molecule has 1 amide bonds. The second-order valence-corrected chi connectivity index (χ2v) is 5.34. The SMILES string of the molecule is COC(C)(C)C(=O)N1CCCC2CNCC21. The molecule has 2 fully saturated rings. The van der Waals surface area contributed by atoms with E-state index < -0.39 is 5.60 Å². The molecule has 2 heterocycles. The van der Waals surface area contributed by atoms with Gasteiger partial charge in [-0.1, -0.05) is 0 Å². The molecule has 0 aromatic heterocycles. The summed E-state index contributed by atoms with van der Waals surface area (Å²) in [6, 6.07) is 0.385. The maximum Gasteiger partial charge on any atom is 0.254 e. The van der Waals surface area contributed by atoms with Gasteiger partial charge in [0.1, 0.15) is 5.60 Å². The maximum atomic E-state index is 12.4. The number of ether oxygens (including phenoxy) is 1. The van der Waals surface area contributed by atoms with Crippen LogP contribution in [-0.4, -0.2) is 49.2 Å². The first-order valence-electron chi connectivity index (χ1n) is 6.13. The predicted molar refractivity (Wildman–Crippen MR) is 62.2 cm³/mol. The number of likely N-dealkylation sites (tertiary alicyclic amines) is 1. The van der Waals surface area contributed by atoms with Gasteiger partial charge in [0, 0.05) is 32.8 Å². The summed E-state index contributed by atoms with van der Waals surface area (Å²) < 4.78 is 5.29. The summed E-state index contributed by atoms with van der Waals surface area (Å²) >= 11 is 0. The fraction of sp³-hybridized carbons (Fsp3) is 0.917. The van der Waals surface area contributed by atoms with E-state index in [0.717, 1.165) is 26.1 Å². The number of carbonyl (C=O) groups excluding carboxylic acids is 1. The smallest absolute Gasteiger partial charge is 0.254 e. The Balaban J connectivity index is 2.11. The van der Waals surface area contributed by atoms with Crippen LogP contribution in [0.4, 0.5) is 0 Å². The van der Waals surface area contributed by atoms with Crippen LogP contribution < -0.4 is 5.32 Å². The van der Waals surface area contributed by atoms with Crippen molar-refractivity contribution in [3.05, 3.63) is 0 Å². The number of hydrogen-bond acceptors (Lipinski definition) is 3. The monoisotopic (exact) mass is 226 g/mol. The van der Waals surface area contributed by atoms with Crippen molar-refractivity contribution in [2.24, 2.45) is 5.92 Å². The first kappa shape index (κ1) is 11.9. The highest BCUT2D eigenvalue weighted by Gasteiger charge is 2.42. The van der Waals surface area contributed by atoms with Gasteiger partial charge < -0.3 is 15.0 Å². The lowest BCUT2D eigenvalue weighted by atomic mass is 9.90. The highest BCUT2D eigenvalue weighted by molar-refractivity contribution is 5.84. The highest BCUT2D eigenvalue weighted by atomic mass is 16.5. The lowest BCUT2D eigenvalue weighted by molar-refractivity contribution is -0.155. The Morgan fingerprint density at radius 3 is 2.88 bits per heavy atom. The minimum absolute atomic E-state index is 0.133. The molecule has 2 unspecified atom stereocenters. The zero-order valence-corrected chi connectivity index (χ0v) is 10.5. The van der Waals surface area contributed by atoms with Gasteiger partial charge in [-0.25, -0.2) is 0 Å². The summed E-state index contributed by atoms with van der Waals surface area (Å²) in [6.45, 7) is 6.58. The molecule has 0 aliphatic carbocycles. The Kier molecular flexibility index (Phi) is 3.22. The van der Waals surface area contributed by atoms with Gasteiger partial charge in [-0.15, -0.1) is 0 Å². The van der Waals surface area contributed by atoms with Gasteiger partial charge in [0.25, 0.3) is 5.91 Å². The molecule has 92 valence electrons. The summed E-state index contributed by atoms with van der Waals surface area (Å²) in [7, 11) is 1.60. The lowest BCUT2D eigenvalue weighted by Gasteiger charge is -2.40. The van der Waals surface area contributed by atoms with Gasteiger partial charge in [0.2, 0.25) is 0 Å². The summed E-state index contributed by atoms with van der Waals surface area (Å²) in [6.07, 6.45) is 2.36. The molecule has 0 spiro atoms. The molecular formula is C12H22N2O2. The van der Waals surface area contributed by atoms with Crippen LogP contribution in [-0.2, 0) is 9.53 Å². The van der Waals surface area contributed by atoms with E-state index in [-0.39, 0.29) is 5.91 Å². The Labute approximate surface area is 97.3 Å². The van der Waals surface area contributed by atoms with E-state index in [1.54, 1.807) is 7.11 Å². The number of rotatable bonds is 2. The third-order valence-electron chi connectivity index (χ3n) is 3.96. The van der Waals surface area contributed by atoms with E-state index >= 15 is 0 Å². The molecule has 16 heavy (non-hydrogen) atoms. The van der Waals surface area contributed by atoms with E-state index in [0.29, 0.717) is 12.0 Å². The Morgan fingerprint density at radius 2 is 2.19 bits per heavy atom. The van der Waals surface area contributed by atoms with Crippen LogP contribution in [0.15, 0.2) is 0 Å². The average molecular weight is 226 g/mol. The van der Waals surface area contributed by atoms with Crippen LogP contribution in [0.3, 0.4) is 0 Å². The Morgan fingerprint density at radius 1 is 1.44 bits per heavy atom. The molecule has 0 aromatic carbocycles. The van der Waals surface area contributed by atoms with Crippen molar-refractivity contribution < 1.29 is 9.53 Å². The molecule has 2 saturated heterocycles. The van der Waals surface area contributed by atoms with Crippen molar-refractivity contribution in [1.82, 2.24) is 10.2 Å². The van der Waals surface area contributed by atoms with Crippen LogP contribution in [0.2, 0.25) is 0 Å². The van der Waals surface area contributed by atoms with Crippen molar-refractivity contribution in [2.45, 2.75) is 38.3 Å². The normalized spacial score (nSPS) is 30.3. The highest BCUT2D eigenvalue weighted by Crippen LogP contribution is 2.28. The number of hydrogen-bond donors (Lipinski definition) is 1. The standard InChI is InChI=1S/C12H22N2O2/c1-12(2,16-3)11(15)14-6-4-5-9-7-13-8-10(9)14/h9-10,13H,4-8H2,1-3H3. The molecule has 2 aliphatic rings. The van der Waals surface area contributed by atoms with Gasteiger partial charge in [0.05, 0.1) is 0 Å². The van der Waals surface area contributed by atoms with Gasteiger partial charge in [0.15, 0.2) is 0 Å². The van der Waals surface area contributed by atoms with Gasteiger partial charge in [-0.05, 0) is 32.6 Å². The quantitative estimate of drug-likeness (QED) is 0.750. The summed E-state index contributed by atoms with van der Waals surface area (Å²) in [5.41, 5.74) is -0.690. The molecule has 0 saturated carbocycles. The van der Waals surface area contributed by atoms with Crippen molar-refractivity contribution in [1.29, 1.82) is 0 Å². The molecular weight excluding hydrogens is 204 g/mol. The van der Waals surface area contributed by atoms with E-state index in [2.05, 4.69) is 5.32 Å². The fourth-order valence-electron chi connectivity index (χ4n) is 2.75. The number of piperidine rings is 1. The summed E-state index contributed by atoms with van der Waals surface area (Å²) in [5.74, 6) is 0.777. The van der Waals surface area contributed by atoms with Crippen LogP contribution in [0.25, 0.3) is 0 Å². The number of carbonyl (C=O) groups is 1. The number of methoxy groups -OCH3 is 1. The molecule has 4 nitrogen and oxygen atoms in total. The Bertz CT molecular complexity index is 278. The van der Waals surface area contributed by atoms with Gasteiger partial charge >= 0.3 is 0 Å². The maximum absolute atomic E-state index is 12.4. The summed E-state index contributed by atoms with van der Waals surface area (Å²) in [5, 5.41) is 3.38. The first-order chi connectivity index (χ1) is 7.56. The van der Waals surface area contributed by atoms with E-state index in [1.165, 1.54) is 6.42 Å². The van der Waals surface area contributed by atoms with Crippen LogP contribution in [0.5, 0.6) is 0 Å². The third-order valence-corrected chi connectivity index (χ3v) is 3.96. The zero-order valence-electron chi connectivity index (χ0n) is 10.5. The third kappa shape index (κ3) is 1.96. The second-order valence-electron chi connectivity index (χ2n) is 5.34. The van der Waals surface area contributed by atoms with Crippen LogP contribution in [0.1, 0.15) is 26.7 Å². The van der Waals surface area contributed by atoms with Crippen LogP contribution in [0, 0.1) is 5.92 Å². The molecule has 2 rings (SSSR count). The van der Waals surface area contributed by atoms with E-state index in [1.807, 2.05) is 18.7 Å². The molecule has 0 aromatic rings. The van der Waals surface area contributed by atoms with Crippen molar-refractivity contribution in [3.63, 3.8) is 0 Å². The predicted octanol–water partition coefficient (Wildman–Crippen LogP) is 0.622. The zero-order chi connectivity index (χ0) is 11.8. The van der Waals surface area contributed by atoms with E-state index in [9.17, 15) is 4.79 Å². The second kappa shape index (κ2) is 4.34. The summed E-state index contributed by atoms with van der Waals surface area (Å²) in [4.78, 5) is 14.4.